The van der Waals surface area contributed by atoms with Crippen LogP contribution in [0.2, 0.25) is 0 Å². The third-order valence-electron chi connectivity index (χ3n) is 2.81. The number of aromatic nitrogens is 2. The first kappa shape index (κ1) is 16.1. The van der Waals surface area contributed by atoms with Crippen molar-refractivity contribution >= 4 is 17.6 Å². The van der Waals surface area contributed by atoms with Gasteiger partial charge in [-0.1, -0.05) is 23.9 Å². The number of nitrogens with zero attached hydrogens (tertiary/aromatic N) is 3. The quantitative estimate of drug-likeness (QED) is 0.686. The van der Waals surface area contributed by atoms with Crippen LogP contribution in [0.3, 0.4) is 0 Å². The molecule has 2 rings (SSSR count). The van der Waals surface area contributed by atoms with Crippen LogP contribution in [0.15, 0.2) is 35.6 Å². The Hall–Kier alpha value is -2.27. The molecule has 0 radical (unpaired) electrons. The minimum atomic E-state index is -4.35. The zero-order valence-corrected chi connectivity index (χ0v) is 12.3. The molecule has 0 saturated carbocycles. The number of rotatable bonds is 4. The molecule has 0 aliphatic heterocycles. The fourth-order valence-corrected chi connectivity index (χ4v) is 2.02. The summed E-state index contributed by atoms with van der Waals surface area (Å²) in [4.78, 5) is 8.16. The molecule has 8 heteroatoms. The summed E-state index contributed by atoms with van der Waals surface area (Å²) in [6.07, 6.45) is -1.13. The molecule has 0 spiro atoms. The predicted octanol–water partition coefficient (Wildman–Crippen LogP) is 3.70. The molecule has 22 heavy (non-hydrogen) atoms. The molecule has 0 amide bonds. The van der Waals surface area contributed by atoms with Gasteiger partial charge in [0.2, 0.25) is 0 Å². The van der Waals surface area contributed by atoms with Gasteiger partial charge >= 0.3 is 6.18 Å². The molecule has 0 bridgehead atoms. The molecule has 114 valence electrons. The summed E-state index contributed by atoms with van der Waals surface area (Å²) in [6, 6.07) is 6.79. The van der Waals surface area contributed by atoms with Crippen LogP contribution in [0.1, 0.15) is 16.7 Å². The van der Waals surface area contributed by atoms with E-state index in [9.17, 15) is 13.2 Å². The summed E-state index contributed by atoms with van der Waals surface area (Å²) in [5.74, 6) is 0.363. The lowest BCUT2D eigenvalue weighted by atomic mass is 10.1. The summed E-state index contributed by atoms with van der Waals surface area (Å²) in [6.45, 7) is 0.262. The van der Waals surface area contributed by atoms with Gasteiger partial charge < -0.3 is 5.32 Å². The Morgan fingerprint density at radius 3 is 2.50 bits per heavy atom. The van der Waals surface area contributed by atoms with Crippen LogP contribution in [0.5, 0.6) is 0 Å². The first-order valence-corrected chi connectivity index (χ1v) is 7.37. The van der Waals surface area contributed by atoms with Crippen LogP contribution in [0.25, 0.3) is 0 Å². The molecule has 4 nitrogen and oxygen atoms in total. The second kappa shape index (κ2) is 6.66. The lowest BCUT2D eigenvalue weighted by molar-refractivity contribution is -0.137. The SMILES string of the molecule is CSc1ncc(C#N)c(NCc2ccc(C(F)(F)F)cc2)n1. The van der Waals surface area contributed by atoms with Gasteiger partial charge in [-0.25, -0.2) is 9.97 Å². The van der Waals surface area contributed by atoms with Crippen molar-refractivity contribution < 1.29 is 13.2 Å². The van der Waals surface area contributed by atoms with Gasteiger partial charge in [0.1, 0.15) is 17.5 Å². The van der Waals surface area contributed by atoms with Crippen LogP contribution in [-0.2, 0) is 12.7 Å². The van der Waals surface area contributed by atoms with Gasteiger partial charge in [0.05, 0.1) is 11.8 Å². The first-order valence-electron chi connectivity index (χ1n) is 6.15. The molecule has 0 saturated heterocycles. The first-order chi connectivity index (χ1) is 10.4. The highest BCUT2D eigenvalue weighted by Gasteiger charge is 2.29. The Labute approximate surface area is 129 Å². The Morgan fingerprint density at radius 1 is 1.27 bits per heavy atom. The van der Waals surface area contributed by atoms with Gasteiger partial charge in [0.15, 0.2) is 5.16 Å². The van der Waals surface area contributed by atoms with Crippen molar-refractivity contribution in [3.8, 4) is 6.07 Å². The highest BCUT2D eigenvalue weighted by molar-refractivity contribution is 7.98. The zero-order chi connectivity index (χ0) is 16.2. The fraction of sp³-hybridized carbons (Fsp3) is 0.214. The maximum atomic E-state index is 12.5. The Bertz CT molecular complexity index is 693. The summed E-state index contributed by atoms with van der Waals surface area (Å²) >= 11 is 1.33. The normalized spacial score (nSPS) is 11.0. The number of nitriles is 1. The van der Waals surface area contributed by atoms with E-state index >= 15 is 0 Å². The molecule has 1 aromatic heterocycles. The topological polar surface area (TPSA) is 61.6 Å². The molecular formula is C14H11F3N4S. The minimum absolute atomic E-state index is 0.262. The second-order valence-electron chi connectivity index (χ2n) is 4.28. The molecular weight excluding hydrogens is 313 g/mol. The van der Waals surface area contributed by atoms with Crippen LogP contribution in [0, 0.1) is 11.3 Å². The standard InChI is InChI=1S/C14H11F3N4S/c1-22-13-20-8-10(6-18)12(21-13)19-7-9-2-4-11(5-3-9)14(15,16)17/h2-5,8H,7H2,1H3,(H,19,20,21). The number of halogens is 3. The smallest absolute Gasteiger partial charge is 0.365 e. The molecule has 0 aliphatic carbocycles. The van der Waals surface area contributed by atoms with E-state index in [0.717, 1.165) is 12.1 Å². The van der Waals surface area contributed by atoms with E-state index in [1.54, 1.807) is 6.26 Å². The predicted molar refractivity (Wildman–Crippen MR) is 77.3 cm³/mol. The number of hydrogen-bond acceptors (Lipinski definition) is 5. The molecule has 0 atom stereocenters. The highest BCUT2D eigenvalue weighted by Crippen LogP contribution is 2.29. The van der Waals surface area contributed by atoms with Crippen LogP contribution in [0.4, 0.5) is 19.0 Å². The van der Waals surface area contributed by atoms with Crippen molar-refractivity contribution in [2.45, 2.75) is 17.9 Å². The largest absolute Gasteiger partial charge is 0.416 e. The monoisotopic (exact) mass is 324 g/mol. The number of alkyl halides is 3. The summed E-state index contributed by atoms with van der Waals surface area (Å²) < 4.78 is 37.4. The lowest BCUT2D eigenvalue weighted by Crippen LogP contribution is -2.07. The lowest BCUT2D eigenvalue weighted by Gasteiger charge is -2.10. The maximum absolute atomic E-state index is 12.5. The number of benzene rings is 1. The fourth-order valence-electron chi connectivity index (χ4n) is 1.68. The van der Waals surface area contributed by atoms with Crippen molar-refractivity contribution in [3.05, 3.63) is 47.2 Å². The number of thioether (sulfide) groups is 1. The molecule has 2 aromatic rings. The molecule has 0 fully saturated rings. The number of nitrogens with one attached hydrogen (secondary N) is 1. The van der Waals surface area contributed by atoms with Gasteiger partial charge in [-0.3, -0.25) is 0 Å². The Morgan fingerprint density at radius 2 is 1.95 bits per heavy atom. The summed E-state index contributed by atoms with van der Waals surface area (Å²) in [5.41, 5.74) is 0.242. The average Bonchev–Trinajstić information content (AvgIpc) is 2.52. The summed E-state index contributed by atoms with van der Waals surface area (Å²) in [7, 11) is 0. The van der Waals surface area contributed by atoms with Crippen LogP contribution < -0.4 is 5.32 Å². The third-order valence-corrected chi connectivity index (χ3v) is 3.37. The Balaban J connectivity index is 2.12. The minimum Gasteiger partial charge on any atom is -0.365 e. The van der Waals surface area contributed by atoms with Gasteiger partial charge in [0, 0.05) is 6.54 Å². The zero-order valence-electron chi connectivity index (χ0n) is 11.5. The maximum Gasteiger partial charge on any atom is 0.416 e. The second-order valence-corrected chi connectivity index (χ2v) is 5.05. The van der Waals surface area contributed by atoms with E-state index in [1.165, 1.54) is 30.1 Å². The van der Waals surface area contributed by atoms with Gasteiger partial charge in [0.25, 0.3) is 0 Å². The van der Waals surface area contributed by atoms with Crippen LogP contribution in [-0.4, -0.2) is 16.2 Å². The van der Waals surface area contributed by atoms with Crippen LogP contribution >= 0.6 is 11.8 Å². The average molecular weight is 324 g/mol. The molecule has 1 aromatic carbocycles. The third kappa shape index (κ3) is 3.89. The van der Waals surface area contributed by atoms with E-state index in [4.69, 9.17) is 5.26 Å². The van der Waals surface area contributed by atoms with E-state index in [-0.39, 0.29) is 12.1 Å². The number of hydrogen-bond donors (Lipinski definition) is 1. The van der Waals surface area contributed by atoms with E-state index in [2.05, 4.69) is 15.3 Å². The van der Waals surface area contributed by atoms with Crippen molar-refractivity contribution in [2.24, 2.45) is 0 Å². The van der Waals surface area contributed by atoms with Crippen molar-refractivity contribution in [2.75, 3.05) is 11.6 Å². The van der Waals surface area contributed by atoms with E-state index in [1.807, 2.05) is 6.07 Å². The molecule has 1 N–H and O–H groups in total. The number of anilines is 1. The summed E-state index contributed by atoms with van der Waals surface area (Å²) in [5, 5.41) is 12.5. The van der Waals surface area contributed by atoms with Crippen molar-refractivity contribution in [1.29, 1.82) is 5.26 Å². The molecule has 1 heterocycles. The molecule has 0 unspecified atom stereocenters. The van der Waals surface area contributed by atoms with Crippen molar-refractivity contribution in [1.82, 2.24) is 9.97 Å². The van der Waals surface area contributed by atoms with E-state index in [0.29, 0.717) is 16.5 Å². The van der Waals surface area contributed by atoms with Gasteiger partial charge in [-0.15, -0.1) is 0 Å². The molecule has 0 aliphatic rings. The Kier molecular flexibility index (Phi) is 4.88. The van der Waals surface area contributed by atoms with E-state index < -0.39 is 11.7 Å². The van der Waals surface area contributed by atoms with Gasteiger partial charge in [-0.05, 0) is 24.0 Å². The van der Waals surface area contributed by atoms with Crippen molar-refractivity contribution in [3.63, 3.8) is 0 Å². The van der Waals surface area contributed by atoms with Gasteiger partial charge in [-0.2, -0.15) is 18.4 Å². The highest BCUT2D eigenvalue weighted by atomic mass is 32.2.